The SMILES string of the molecule is O=C(NCC(C(=O)CBr)c1ccccc1)OCc1ccccc1. The molecule has 2 aromatic rings. The summed E-state index contributed by atoms with van der Waals surface area (Å²) in [7, 11) is 0. The summed E-state index contributed by atoms with van der Waals surface area (Å²) in [4.78, 5) is 23.9. The minimum absolute atomic E-state index is 0.0135. The van der Waals surface area contributed by atoms with Gasteiger partial charge < -0.3 is 10.1 Å². The van der Waals surface area contributed by atoms with Crippen molar-refractivity contribution in [2.75, 3.05) is 11.9 Å². The Balaban J connectivity index is 1.88. The number of alkyl halides is 1. The molecule has 0 fully saturated rings. The molecular formula is C18H18BrNO3. The van der Waals surface area contributed by atoms with Gasteiger partial charge in [-0.1, -0.05) is 76.6 Å². The minimum Gasteiger partial charge on any atom is -0.445 e. The summed E-state index contributed by atoms with van der Waals surface area (Å²) in [5, 5.41) is 2.91. The van der Waals surface area contributed by atoms with Crippen LogP contribution in [0, 0.1) is 0 Å². The van der Waals surface area contributed by atoms with Crippen LogP contribution in [0.1, 0.15) is 17.0 Å². The Morgan fingerprint density at radius 1 is 1.00 bits per heavy atom. The van der Waals surface area contributed by atoms with E-state index in [9.17, 15) is 9.59 Å². The predicted octanol–water partition coefficient (Wildman–Crippen LogP) is 3.66. The van der Waals surface area contributed by atoms with E-state index in [1.165, 1.54) is 0 Å². The van der Waals surface area contributed by atoms with Crippen LogP contribution in [0.5, 0.6) is 0 Å². The summed E-state index contributed by atoms with van der Waals surface area (Å²) in [5.74, 6) is -0.376. The van der Waals surface area contributed by atoms with E-state index in [-0.39, 0.29) is 30.2 Å². The Kier molecular flexibility index (Phi) is 6.81. The molecule has 0 aliphatic rings. The van der Waals surface area contributed by atoms with E-state index in [1.807, 2.05) is 60.7 Å². The Labute approximate surface area is 144 Å². The number of carbonyl (C=O) groups excluding carboxylic acids is 2. The first-order chi connectivity index (χ1) is 11.2. The van der Waals surface area contributed by atoms with Crippen molar-refractivity contribution in [3.05, 3.63) is 71.8 Å². The number of hydrogen-bond acceptors (Lipinski definition) is 3. The van der Waals surface area contributed by atoms with Gasteiger partial charge in [0, 0.05) is 6.54 Å². The number of ether oxygens (including phenoxy) is 1. The molecule has 2 aromatic carbocycles. The Morgan fingerprint density at radius 2 is 1.61 bits per heavy atom. The van der Waals surface area contributed by atoms with Gasteiger partial charge in [0.15, 0.2) is 5.78 Å². The fourth-order valence-electron chi connectivity index (χ4n) is 2.16. The largest absolute Gasteiger partial charge is 0.445 e. The van der Waals surface area contributed by atoms with E-state index in [0.29, 0.717) is 0 Å². The van der Waals surface area contributed by atoms with Crippen LogP contribution in [0.2, 0.25) is 0 Å². The van der Waals surface area contributed by atoms with E-state index in [1.54, 1.807) is 0 Å². The average molecular weight is 376 g/mol. The Hall–Kier alpha value is -2.14. The molecule has 0 saturated heterocycles. The minimum atomic E-state index is -0.530. The second-order valence-electron chi connectivity index (χ2n) is 5.01. The lowest BCUT2D eigenvalue weighted by Crippen LogP contribution is -2.32. The molecule has 1 N–H and O–H groups in total. The van der Waals surface area contributed by atoms with E-state index < -0.39 is 6.09 Å². The maximum Gasteiger partial charge on any atom is 0.407 e. The van der Waals surface area contributed by atoms with Crippen LogP contribution in [0.25, 0.3) is 0 Å². The van der Waals surface area contributed by atoms with Crippen molar-refractivity contribution >= 4 is 27.8 Å². The van der Waals surface area contributed by atoms with Gasteiger partial charge in [-0.05, 0) is 11.1 Å². The highest BCUT2D eigenvalue weighted by Crippen LogP contribution is 2.17. The number of nitrogens with one attached hydrogen (secondary N) is 1. The van der Waals surface area contributed by atoms with Crippen LogP contribution >= 0.6 is 15.9 Å². The quantitative estimate of drug-likeness (QED) is 0.751. The zero-order chi connectivity index (χ0) is 16.5. The molecule has 0 saturated carbocycles. The number of ketones is 1. The van der Waals surface area contributed by atoms with Gasteiger partial charge in [0.05, 0.1) is 11.2 Å². The second kappa shape index (κ2) is 9.10. The van der Waals surface area contributed by atoms with Crippen LogP contribution in [-0.2, 0) is 16.1 Å². The highest BCUT2D eigenvalue weighted by molar-refractivity contribution is 9.09. The maximum absolute atomic E-state index is 12.1. The molecule has 0 radical (unpaired) electrons. The summed E-state index contributed by atoms with van der Waals surface area (Å²) >= 11 is 3.19. The molecule has 0 aromatic heterocycles. The zero-order valence-electron chi connectivity index (χ0n) is 12.6. The molecule has 4 nitrogen and oxygen atoms in total. The Morgan fingerprint density at radius 3 is 2.22 bits per heavy atom. The maximum atomic E-state index is 12.1. The van der Waals surface area contributed by atoms with E-state index in [4.69, 9.17) is 4.74 Å². The van der Waals surface area contributed by atoms with Crippen LogP contribution in [0.3, 0.4) is 0 Å². The van der Waals surface area contributed by atoms with Crippen molar-refractivity contribution < 1.29 is 14.3 Å². The first kappa shape index (κ1) is 17.2. The smallest absolute Gasteiger partial charge is 0.407 e. The summed E-state index contributed by atoms with van der Waals surface area (Å²) in [6.07, 6.45) is -0.530. The summed E-state index contributed by atoms with van der Waals surface area (Å²) in [6.45, 7) is 0.414. The van der Waals surface area contributed by atoms with Crippen LogP contribution < -0.4 is 5.32 Å². The van der Waals surface area contributed by atoms with Crippen molar-refractivity contribution in [2.24, 2.45) is 0 Å². The fourth-order valence-corrected chi connectivity index (χ4v) is 2.55. The van der Waals surface area contributed by atoms with Gasteiger partial charge in [-0.15, -0.1) is 0 Å². The van der Waals surface area contributed by atoms with Gasteiger partial charge in [-0.2, -0.15) is 0 Å². The van der Waals surface area contributed by atoms with Gasteiger partial charge in [0.1, 0.15) is 6.61 Å². The highest BCUT2D eigenvalue weighted by Gasteiger charge is 2.20. The molecule has 0 spiro atoms. The lowest BCUT2D eigenvalue weighted by Gasteiger charge is -2.16. The van der Waals surface area contributed by atoms with E-state index in [0.717, 1.165) is 11.1 Å². The molecular weight excluding hydrogens is 358 g/mol. The molecule has 0 bridgehead atoms. The number of benzene rings is 2. The number of carbonyl (C=O) groups is 2. The first-order valence-electron chi connectivity index (χ1n) is 7.29. The van der Waals surface area contributed by atoms with Crippen molar-refractivity contribution in [2.45, 2.75) is 12.5 Å². The van der Waals surface area contributed by atoms with Gasteiger partial charge >= 0.3 is 6.09 Å². The lowest BCUT2D eigenvalue weighted by molar-refractivity contribution is -0.117. The highest BCUT2D eigenvalue weighted by atomic mass is 79.9. The predicted molar refractivity (Wildman–Crippen MR) is 92.6 cm³/mol. The average Bonchev–Trinajstić information content (AvgIpc) is 2.61. The number of Topliss-reactive ketones (excluding diaryl/α,β-unsaturated/α-hetero) is 1. The normalized spacial score (nSPS) is 11.5. The molecule has 0 aliphatic heterocycles. The van der Waals surface area contributed by atoms with E-state index in [2.05, 4.69) is 21.2 Å². The van der Waals surface area contributed by atoms with Gasteiger partial charge in [0.25, 0.3) is 0 Å². The monoisotopic (exact) mass is 375 g/mol. The molecule has 120 valence electrons. The zero-order valence-corrected chi connectivity index (χ0v) is 14.2. The molecule has 1 unspecified atom stereocenters. The lowest BCUT2D eigenvalue weighted by atomic mass is 9.95. The van der Waals surface area contributed by atoms with Crippen molar-refractivity contribution in [1.29, 1.82) is 0 Å². The molecule has 0 heterocycles. The second-order valence-corrected chi connectivity index (χ2v) is 5.57. The number of alkyl carbamates (subject to hydrolysis) is 1. The Bertz CT molecular complexity index is 631. The standard InChI is InChI=1S/C18H18BrNO3/c19-11-17(21)16(15-9-5-2-6-10-15)12-20-18(22)23-13-14-7-3-1-4-8-14/h1-10,16H,11-13H2,(H,20,22). The molecule has 5 heteroatoms. The van der Waals surface area contributed by atoms with Crippen molar-refractivity contribution in [1.82, 2.24) is 5.32 Å². The summed E-state index contributed by atoms with van der Waals surface area (Å²) < 4.78 is 5.15. The summed E-state index contributed by atoms with van der Waals surface area (Å²) in [5.41, 5.74) is 1.79. The number of halogens is 1. The molecule has 1 atom stereocenters. The number of rotatable bonds is 7. The van der Waals surface area contributed by atoms with Crippen LogP contribution in [-0.4, -0.2) is 23.8 Å². The first-order valence-corrected chi connectivity index (χ1v) is 8.41. The molecule has 23 heavy (non-hydrogen) atoms. The fraction of sp³-hybridized carbons (Fsp3) is 0.222. The molecule has 0 aliphatic carbocycles. The third-order valence-corrected chi connectivity index (χ3v) is 3.94. The van der Waals surface area contributed by atoms with Gasteiger partial charge in [-0.25, -0.2) is 4.79 Å². The van der Waals surface area contributed by atoms with Crippen molar-refractivity contribution in [3.8, 4) is 0 Å². The third-order valence-electron chi connectivity index (χ3n) is 3.39. The van der Waals surface area contributed by atoms with E-state index >= 15 is 0 Å². The van der Waals surface area contributed by atoms with Gasteiger partial charge in [0.2, 0.25) is 0 Å². The topological polar surface area (TPSA) is 55.4 Å². The molecule has 1 amide bonds. The van der Waals surface area contributed by atoms with Crippen LogP contribution in [0.15, 0.2) is 60.7 Å². The van der Waals surface area contributed by atoms with Crippen molar-refractivity contribution in [3.63, 3.8) is 0 Å². The number of amides is 1. The van der Waals surface area contributed by atoms with Gasteiger partial charge in [-0.3, -0.25) is 4.79 Å². The summed E-state index contributed by atoms with van der Waals surface area (Å²) in [6, 6.07) is 18.8. The molecule has 2 rings (SSSR count). The van der Waals surface area contributed by atoms with Crippen LogP contribution in [0.4, 0.5) is 4.79 Å². The number of hydrogen-bond donors (Lipinski definition) is 1. The third kappa shape index (κ3) is 5.53.